The van der Waals surface area contributed by atoms with Gasteiger partial charge in [0, 0.05) is 12.4 Å². The third-order valence-electron chi connectivity index (χ3n) is 2.27. The van der Waals surface area contributed by atoms with Crippen LogP contribution >= 0.6 is 0 Å². The Morgan fingerprint density at radius 2 is 2.07 bits per heavy atom. The van der Waals surface area contributed by atoms with Crippen molar-refractivity contribution in [2.75, 3.05) is 6.61 Å². The molecule has 0 saturated carbocycles. The van der Waals surface area contributed by atoms with Gasteiger partial charge < -0.3 is 9.30 Å². The van der Waals surface area contributed by atoms with E-state index in [0.29, 0.717) is 6.61 Å². The van der Waals surface area contributed by atoms with Crippen LogP contribution in [0.25, 0.3) is 0 Å². The highest BCUT2D eigenvalue weighted by Crippen LogP contribution is 2.08. The van der Waals surface area contributed by atoms with Crippen molar-refractivity contribution >= 4 is 0 Å². The van der Waals surface area contributed by atoms with E-state index in [1.54, 1.807) is 6.20 Å². The van der Waals surface area contributed by atoms with Crippen LogP contribution in [0.15, 0.2) is 42.7 Å². The molecule has 2 rings (SSSR count). The van der Waals surface area contributed by atoms with Gasteiger partial charge in [-0.25, -0.2) is 4.98 Å². The number of benzene rings is 1. The second-order valence-electron chi connectivity index (χ2n) is 3.33. The van der Waals surface area contributed by atoms with Crippen molar-refractivity contribution in [2.24, 2.45) is 0 Å². The van der Waals surface area contributed by atoms with E-state index in [2.05, 4.69) is 9.55 Å². The fourth-order valence-corrected chi connectivity index (χ4v) is 1.42. The molecular weight excluding hydrogens is 188 g/mol. The lowest BCUT2D eigenvalue weighted by Crippen LogP contribution is -2.08. The number of hydrogen-bond acceptors (Lipinski definition) is 2. The molecule has 3 nitrogen and oxygen atoms in total. The standard InChI is InChI=1S/C12H14N2O/c1-11-13-7-8-14(11)9-10-15-12-5-3-2-4-6-12/h2-8H,9-10H2,1H3. The first-order valence-corrected chi connectivity index (χ1v) is 5.02. The topological polar surface area (TPSA) is 27.1 Å². The van der Waals surface area contributed by atoms with E-state index in [0.717, 1.165) is 18.1 Å². The molecule has 0 aliphatic heterocycles. The first-order chi connectivity index (χ1) is 7.36. The van der Waals surface area contributed by atoms with Crippen LogP contribution in [-0.2, 0) is 6.54 Å². The molecule has 0 radical (unpaired) electrons. The largest absolute Gasteiger partial charge is 0.492 e. The third-order valence-corrected chi connectivity index (χ3v) is 2.27. The van der Waals surface area contributed by atoms with E-state index in [9.17, 15) is 0 Å². The maximum Gasteiger partial charge on any atom is 0.119 e. The summed E-state index contributed by atoms with van der Waals surface area (Å²) >= 11 is 0. The Morgan fingerprint density at radius 3 is 2.73 bits per heavy atom. The minimum Gasteiger partial charge on any atom is -0.492 e. The maximum absolute atomic E-state index is 5.59. The Labute approximate surface area is 89.3 Å². The fourth-order valence-electron chi connectivity index (χ4n) is 1.42. The van der Waals surface area contributed by atoms with E-state index in [1.807, 2.05) is 43.5 Å². The Hall–Kier alpha value is -1.77. The molecule has 0 N–H and O–H groups in total. The summed E-state index contributed by atoms with van der Waals surface area (Å²) in [5.74, 6) is 1.93. The number of ether oxygens (including phenoxy) is 1. The van der Waals surface area contributed by atoms with Gasteiger partial charge in [-0.15, -0.1) is 0 Å². The molecule has 0 amide bonds. The predicted octanol–water partition coefficient (Wildman–Crippen LogP) is 2.27. The summed E-state index contributed by atoms with van der Waals surface area (Å²) in [6.45, 7) is 3.49. The van der Waals surface area contributed by atoms with Gasteiger partial charge >= 0.3 is 0 Å². The number of imidazole rings is 1. The quantitative estimate of drug-likeness (QED) is 0.760. The average Bonchev–Trinajstić information content (AvgIpc) is 2.66. The van der Waals surface area contributed by atoms with Crippen LogP contribution in [0.2, 0.25) is 0 Å². The predicted molar refractivity (Wildman–Crippen MR) is 58.9 cm³/mol. The smallest absolute Gasteiger partial charge is 0.119 e. The fraction of sp³-hybridized carbons (Fsp3) is 0.250. The zero-order chi connectivity index (χ0) is 10.5. The van der Waals surface area contributed by atoms with E-state index in [-0.39, 0.29) is 0 Å². The number of hydrogen-bond donors (Lipinski definition) is 0. The molecular formula is C12H14N2O. The lowest BCUT2D eigenvalue weighted by molar-refractivity contribution is 0.297. The highest BCUT2D eigenvalue weighted by molar-refractivity contribution is 5.20. The molecule has 0 unspecified atom stereocenters. The van der Waals surface area contributed by atoms with Gasteiger partial charge in [0.15, 0.2) is 0 Å². The van der Waals surface area contributed by atoms with Gasteiger partial charge in [0.1, 0.15) is 18.2 Å². The van der Waals surface area contributed by atoms with Crippen LogP contribution in [0.1, 0.15) is 5.82 Å². The molecule has 2 aromatic rings. The molecule has 1 aromatic carbocycles. The van der Waals surface area contributed by atoms with E-state index in [4.69, 9.17) is 4.74 Å². The van der Waals surface area contributed by atoms with Gasteiger partial charge in [0.05, 0.1) is 6.54 Å². The van der Waals surface area contributed by atoms with Gasteiger partial charge in [0.25, 0.3) is 0 Å². The lowest BCUT2D eigenvalue weighted by Gasteiger charge is -2.07. The molecule has 3 heteroatoms. The minimum absolute atomic E-state index is 0.668. The number of aromatic nitrogens is 2. The van der Waals surface area contributed by atoms with E-state index >= 15 is 0 Å². The highest BCUT2D eigenvalue weighted by Gasteiger charge is 1.96. The van der Waals surface area contributed by atoms with Gasteiger partial charge in [0.2, 0.25) is 0 Å². The highest BCUT2D eigenvalue weighted by atomic mass is 16.5. The Balaban J connectivity index is 1.83. The summed E-state index contributed by atoms with van der Waals surface area (Å²) in [5.41, 5.74) is 0. The van der Waals surface area contributed by atoms with Gasteiger partial charge in [-0.3, -0.25) is 0 Å². The number of aryl methyl sites for hydroxylation is 1. The summed E-state index contributed by atoms with van der Waals surface area (Å²) in [7, 11) is 0. The van der Waals surface area contributed by atoms with Crippen molar-refractivity contribution in [1.29, 1.82) is 0 Å². The molecule has 0 bridgehead atoms. The number of para-hydroxylation sites is 1. The number of rotatable bonds is 4. The Morgan fingerprint density at radius 1 is 1.27 bits per heavy atom. The van der Waals surface area contributed by atoms with E-state index in [1.165, 1.54) is 0 Å². The SMILES string of the molecule is Cc1nccn1CCOc1ccccc1. The monoisotopic (exact) mass is 202 g/mol. The summed E-state index contributed by atoms with van der Waals surface area (Å²) in [5, 5.41) is 0. The van der Waals surface area contributed by atoms with Gasteiger partial charge in [-0.1, -0.05) is 18.2 Å². The van der Waals surface area contributed by atoms with Crippen molar-refractivity contribution in [3.63, 3.8) is 0 Å². The summed E-state index contributed by atoms with van der Waals surface area (Å²) < 4.78 is 7.66. The Kier molecular flexibility index (Phi) is 3.02. The second-order valence-corrected chi connectivity index (χ2v) is 3.33. The van der Waals surface area contributed by atoms with Gasteiger partial charge in [-0.2, -0.15) is 0 Å². The third kappa shape index (κ3) is 2.59. The van der Waals surface area contributed by atoms with Crippen molar-refractivity contribution in [2.45, 2.75) is 13.5 Å². The zero-order valence-corrected chi connectivity index (χ0v) is 8.76. The molecule has 0 saturated heterocycles. The molecule has 0 aliphatic carbocycles. The number of nitrogens with zero attached hydrogens (tertiary/aromatic N) is 2. The van der Waals surface area contributed by atoms with Crippen LogP contribution in [-0.4, -0.2) is 16.2 Å². The van der Waals surface area contributed by atoms with Crippen LogP contribution in [0.5, 0.6) is 5.75 Å². The average molecular weight is 202 g/mol. The van der Waals surface area contributed by atoms with Crippen LogP contribution in [0.4, 0.5) is 0 Å². The maximum atomic E-state index is 5.59. The normalized spacial score (nSPS) is 10.2. The molecule has 0 atom stereocenters. The van der Waals surface area contributed by atoms with Crippen molar-refractivity contribution in [3.8, 4) is 5.75 Å². The van der Waals surface area contributed by atoms with Crippen molar-refractivity contribution in [1.82, 2.24) is 9.55 Å². The van der Waals surface area contributed by atoms with Crippen molar-refractivity contribution < 1.29 is 4.74 Å². The minimum atomic E-state index is 0.668. The van der Waals surface area contributed by atoms with Crippen LogP contribution in [0, 0.1) is 6.92 Å². The Bertz CT molecular complexity index is 409. The lowest BCUT2D eigenvalue weighted by atomic mass is 10.3. The first-order valence-electron chi connectivity index (χ1n) is 5.02. The molecule has 1 heterocycles. The summed E-state index contributed by atoms with van der Waals surface area (Å²) in [6.07, 6.45) is 3.77. The molecule has 0 aliphatic rings. The summed E-state index contributed by atoms with van der Waals surface area (Å²) in [4.78, 5) is 4.15. The van der Waals surface area contributed by atoms with Crippen molar-refractivity contribution in [3.05, 3.63) is 48.5 Å². The first kappa shape index (κ1) is 9.77. The molecule has 0 spiro atoms. The zero-order valence-electron chi connectivity index (χ0n) is 8.76. The molecule has 0 fully saturated rings. The molecule has 78 valence electrons. The molecule has 15 heavy (non-hydrogen) atoms. The van der Waals surface area contributed by atoms with Crippen LogP contribution in [0.3, 0.4) is 0 Å². The van der Waals surface area contributed by atoms with Crippen LogP contribution < -0.4 is 4.74 Å². The van der Waals surface area contributed by atoms with Gasteiger partial charge in [-0.05, 0) is 19.1 Å². The molecule has 1 aromatic heterocycles. The second kappa shape index (κ2) is 4.64. The summed E-state index contributed by atoms with van der Waals surface area (Å²) in [6, 6.07) is 9.84. The van der Waals surface area contributed by atoms with E-state index < -0.39 is 0 Å².